The molecule has 0 aliphatic heterocycles. The van der Waals surface area contributed by atoms with Gasteiger partial charge in [0.15, 0.2) is 0 Å². The molecule has 0 saturated heterocycles. The Bertz CT molecular complexity index is 485. The van der Waals surface area contributed by atoms with Gasteiger partial charge in [-0.15, -0.1) is 24.8 Å². The molecule has 0 saturated carbocycles. The van der Waals surface area contributed by atoms with E-state index in [1.165, 1.54) is 0 Å². The number of rotatable bonds is 13. The van der Waals surface area contributed by atoms with Crippen LogP contribution in [0.25, 0.3) is 0 Å². The number of carbonyl (C=O) groups is 4. The zero-order valence-corrected chi connectivity index (χ0v) is 20.6. The molecule has 4 N–H and O–H groups in total. The Labute approximate surface area is 196 Å². The van der Waals surface area contributed by atoms with E-state index in [0.717, 1.165) is 21.6 Å². The quantitative estimate of drug-likeness (QED) is 0.118. The van der Waals surface area contributed by atoms with E-state index in [-0.39, 0.29) is 62.7 Å². The minimum Gasteiger partial charge on any atom is -0.464 e. The second-order valence-corrected chi connectivity index (χ2v) is 7.81. The molecule has 0 unspecified atom stereocenters. The summed E-state index contributed by atoms with van der Waals surface area (Å²) in [6, 6.07) is 0. The first-order valence-corrected chi connectivity index (χ1v) is 11.1. The minimum absolute atomic E-state index is 0. The zero-order chi connectivity index (χ0) is 21.8. The average Bonchev–Trinajstić information content (AvgIpc) is 2.65. The van der Waals surface area contributed by atoms with Crippen LogP contribution in [0, 0.1) is 0 Å². The largest absolute Gasteiger partial charge is 0.464 e. The van der Waals surface area contributed by atoms with Crippen LogP contribution in [0.3, 0.4) is 0 Å². The van der Waals surface area contributed by atoms with Crippen molar-refractivity contribution < 1.29 is 38.1 Å². The van der Waals surface area contributed by atoms with Gasteiger partial charge in [0.05, 0.1) is 26.4 Å². The highest BCUT2D eigenvalue weighted by atomic mass is 35.5. The maximum atomic E-state index is 12.1. The molecule has 30 heavy (non-hydrogen) atoms. The second kappa shape index (κ2) is 16.7. The highest BCUT2D eigenvalue weighted by molar-refractivity contribution is 8.76. The maximum Gasteiger partial charge on any atom is 0.338 e. The summed E-state index contributed by atoms with van der Waals surface area (Å²) in [4.78, 5) is 48.5. The average molecular weight is 513 g/mol. The van der Waals surface area contributed by atoms with Gasteiger partial charge < -0.3 is 30.4 Å². The van der Waals surface area contributed by atoms with Crippen molar-refractivity contribution in [3.8, 4) is 0 Å². The van der Waals surface area contributed by atoms with Gasteiger partial charge in [0.25, 0.3) is 0 Å². The van der Waals surface area contributed by atoms with Crippen LogP contribution >= 0.6 is 46.4 Å². The van der Waals surface area contributed by atoms with E-state index in [1.54, 1.807) is 27.7 Å². The Morgan fingerprint density at radius 3 is 0.967 bits per heavy atom. The standard InChI is InChI=1S/C16H28N2O8S2.2ClH/c1-5-23-11(19)15(17,12(20)24-6-2)9-27-28-10-16(18,13(21)25-7-3)14(22)26-8-4;;/h5-10,17-18H2,1-4H3;2*1H. The summed E-state index contributed by atoms with van der Waals surface area (Å²) in [7, 11) is 1.92. The zero-order valence-electron chi connectivity index (χ0n) is 17.3. The molecular weight excluding hydrogens is 483 g/mol. The molecule has 0 aromatic rings. The number of carbonyl (C=O) groups excluding carboxylic acids is 4. The maximum absolute atomic E-state index is 12.1. The predicted octanol–water partition coefficient (Wildman–Crippen LogP) is 0.859. The van der Waals surface area contributed by atoms with E-state index >= 15 is 0 Å². The lowest BCUT2D eigenvalue weighted by atomic mass is 10.1. The first-order chi connectivity index (χ1) is 13.1. The van der Waals surface area contributed by atoms with E-state index in [9.17, 15) is 19.2 Å². The van der Waals surface area contributed by atoms with Gasteiger partial charge >= 0.3 is 23.9 Å². The van der Waals surface area contributed by atoms with Crippen LogP contribution in [-0.2, 0) is 38.1 Å². The molecule has 14 heteroatoms. The van der Waals surface area contributed by atoms with E-state index in [4.69, 9.17) is 30.4 Å². The first-order valence-electron chi connectivity index (χ1n) is 8.64. The van der Waals surface area contributed by atoms with Gasteiger partial charge in [0.2, 0.25) is 11.1 Å². The molecule has 0 bridgehead atoms. The van der Waals surface area contributed by atoms with Crippen molar-refractivity contribution in [2.24, 2.45) is 11.5 Å². The van der Waals surface area contributed by atoms with Crippen LogP contribution in [0.1, 0.15) is 27.7 Å². The van der Waals surface area contributed by atoms with Crippen LogP contribution in [0.4, 0.5) is 0 Å². The topological polar surface area (TPSA) is 157 Å². The number of hydrogen-bond acceptors (Lipinski definition) is 12. The molecule has 0 rings (SSSR count). The van der Waals surface area contributed by atoms with Crippen molar-refractivity contribution >= 4 is 70.3 Å². The van der Waals surface area contributed by atoms with Crippen LogP contribution in [-0.4, -0.2) is 72.9 Å². The van der Waals surface area contributed by atoms with Gasteiger partial charge in [-0.2, -0.15) is 0 Å². The third kappa shape index (κ3) is 9.48. The molecule has 0 heterocycles. The molecule has 0 aliphatic rings. The van der Waals surface area contributed by atoms with Crippen molar-refractivity contribution in [2.45, 2.75) is 38.8 Å². The fourth-order valence-electron chi connectivity index (χ4n) is 1.71. The lowest BCUT2D eigenvalue weighted by Gasteiger charge is -2.26. The summed E-state index contributed by atoms with van der Waals surface area (Å²) in [6.07, 6.45) is 0. The summed E-state index contributed by atoms with van der Waals surface area (Å²) in [6.45, 7) is 6.44. The molecule has 0 spiro atoms. The highest BCUT2D eigenvalue weighted by Crippen LogP contribution is 2.30. The Kier molecular flexibility index (Phi) is 18.8. The van der Waals surface area contributed by atoms with Gasteiger partial charge in [-0.3, -0.25) is 0 Å². The van der Waals surface area contributed by atoms with E-state index < -0.39 is 35.0 Å². The Hall–Kier alpha value is -0.920. The van der Waals surface area contributed by atoms with Crippen molar-refractivity contribution in [3.63, 3.8) is 0 Å². The Balaban J connectivity index is -0.00000364. The molecule has 10 nitrogen and oxygen atoms in total. The SMILES string of the molecule is CCOC(=O)C(N)(CSSCC(N)(C(=O)OCC)C(=O)OCC)C(=O)OCC.Cl.Cl. The normalized spacial score (nSPS) is 10.7. The molecule has 0 aliphatic carbocycles. The van der Waals surface area contributed by atoms with Crippen molar-refractivity contribution in [2.75, 3.05) is 37.9 Å². The molecule has 0 radical (unpaired) electrons. The Morgan fingerprint density at radius 2 is 0.800 bits per heavy atom. The third-order valence-electron chi connectivity index (χ3n) is 3.22. The Morgan fingerprint density at radius 1 is 0.600 bits per heavy atom. The van der Waals surface area contributed by atoms with E-state index in [0.29, 0.717) is 0 Å². The third-order valence-corrected chi connectivity index (χ3v) is 5.74. The number of ether oxygens (including phenoxy) is 4. The lowest BCUT2D eigenvalue weighted by molar-refractivity contribution is -0.164. The number of halogens is 2. The van der Waals surface area contributed by atoms with Crippen LogP contribution in [0.15, 0.2) is 0 Å². The van der Waals surface area contributed by atoms with Crippen LogP contribution < -0.4 is 11.5 Å². The highest BCUT2D eigenvalue weighted by Gasteiger charge is 2.47. The molecule has 0 amide bonds. The summed E-state index contributed by atoms with van der Waals surface area (Å²) in [5.74, 6) is -4.19. The minimum atomic E-state index is -2.03. The fourth-order valence-corrected chi connectivity index (χ4v) is 4.34. The number of nitrogens with two attached hydrogens (primary N) is 2. The fraction of sp³-hybridized carbons (Fsp3) is 0.750. The van der Waals surface area contributed by atoms with Crippen LogP contribution in [0.5, 0.6) is 0 Å². The van der Waals surface area contributed by atoms with Gasteiger partial charge in [0.1, 0.15) is 0 Å². The van der Waals surface area contributed by atoms with Gasteiger partial charge in [-0.05, 0) is 27.7 Å². The van der Waals surface area contributed by atoms with Crippen molar-refractivity contribution in [1.29, 1.82) is 0 Å². The molecule has 0 aromatic carbocycles. The van der Waals surface area contributed by atoms with Gasteiger partial charge in [0, 0.05) is 11.5 Å². The van der Waals surface area contributed by atoms with E-state index in [1.807, 2.05) is 0 Å². The summed E-state index contributed by atoms with van der Waals surface area (Å²) in [5, 5.41) is 0. The van der Waals surface area contributed by atoms with Gasteiger partial charge in [-0.1, -0.05) is 21.6 Å². The summed E-state index contributed by atoms with van der Waals surface area (Å²) >= 11 is 0. The monoisotopic (exact) mass is 512 g/mol. The first kappa shape index (κ1) is 33.7. The smallest absolute Gasteiger partial charge is 0.338 e. The van der Waals surface area contributed by atoms with Gasteiger partial charge in [-0.25, -0.2) is 19.2 Å². The molecule has 0 aromatic heterocycles. The van der Waals surface area contributed by atoms with Crippen LogP contribution in [0.2, 0.25) is 0 Å². The van der Waals surface area contributed by atoms with Crippen molar-refractivity contribution in [3.05, 3.63) is 0 Å². The molecule has 0 fully saturated rings. The summed E-state index contributed by atoms with van der Waals surface area (Å²) < 4.78 is 19.4. The number of esters is 4. The molecule has 178 valence electrons. The predicted molar refractivity (Wildman–Crippen MR) is 120 cm³/mol. The summed E-state index contributed by atoms with van der Waals surface area (Å²) in [5.41, 5.74) is 7.78. The van der Waals surface area contributed by atoms with E-state index in [2.05, 4.69) is 0 Å². The molecule has 0 atom stereocenters. The van der Waals surface area contributed by atoms with Crippen molar-refractivity contribution in [1.82, 2.24) is 0 Å². The molecular formula is C16H30Cl2N2O8S2. The lowest BCUT2D eigenvalue weighted by Crippen LogP contribution is -2.59. The number of hydrogen-bond donors (Lipinski definition) is 2. The second-order valence-electron chi connectivity index (χ2n) is 5.35.